The van der Waals surface area contributed by atoms with Crippen LogP contribution in [0.15, 0.2) is 33.6 Å². The number of nitrogens with one attached hydrogen (secondary N) is 1. The Kier molecular flexibility index (Phi) is 8.79. The Hall–Kier alpha value is -0.0300. The molecule has 17 heavy (non-hydrogen) atoms. The van der Waals surface area contributed by atoms with Crippen LogP contribution >= 0.6 is 27.7 Å². The van der Waals surface area contributed by atoms with E-state index in [1.165, 1.54) is 23.5 Å². The largest absolute Gasteiger partial charge is 0.383 e. The fraction of sp³-hybridized carbons (Fsp3) is 0.538. The van der Waals surface area contributed by atoms with Crippen LogP contribution in [0, 0.1) is 0 Å². The number of ether oxygens (including phenoxy) is 1. The molecule has 0 heterocycles. The highest BCUT2D eigenvalue weighted by atomic mass is 79.9. The fourth-order valence-corrected chi connectivity index (χ4v) is 2.92. The fourth-order valence-electron chi connectivity index (χ4n) is 1.40. The Bertz CT molecular complexity index is 309. The highest BCUT2D eigenvalue weighted by Gasteiger charge is 1.95. The summed E-state index contributed by atoms with van der Waals surface area (Å²) in [6.07, 6.45) is 2.47. The minimum Gasteiger partial charge on any atom is -0.383 e. The van der Waals surface area contributed by atoms with Gasteiger partial charge in [0.1, 0.15) is 0 Å². The Morgan fingerprint density at radius 2 is 2.18 bits per heavy atom. The van der Waals surface area contributed by atoms with Gasteiger partial charge in [0.2, 0.25) is 0 Å². The number of rotatable bonds is 9. The number of methoxy groups -OCH3 is 1. The predicted molar refractivity (Wildman–Crippen MR) is 78.8 cm³/mol. The zero-order valence-electron chi connectivity index (χ0n) is 10.2. The first-order valence-corrected chi connectivity index (χ1v) is 7.69. The van der Waals surface area contributed by atoms with Crippen molar-refractivity contribution < 1.29 is 4.74 Å². The molecule has 4 heteroatoms. The number of unbranched alkanes of at least 4 members (excludes halogenated alkanes) is 1. The third-order valence-corrected chi connectivity index (χ3v) is 3.87. The highest BCUT2D eigenvalue weighted by molar-refractivity contribution is 9.10. The number of hydrogen-bond donors (Lipinski definition) is 1. The van der Waals surface area contributed by atoms with Crippen molar-refractivity contribution in [3.8, 4) is 0 Å². The van der Waals surface area contributed by atoms with Gasteiger partial charge in [0.25, 0.3) is 0 Å². The molecular weight excluding hydrogens is 298 g/mol. The lowest BCUT2D eigenvalue weighted by Gasteiger charge is -2.04. The van der Waals surface area contributed by atoms with Gasteiger partial charge in [0.15, 0.2) is 0 Å². The van der Waals surface area contributed by atoms with Crippen molar-refractivity contribution in [3.05, 3.63) is 28.7 Å². The SMILES string of the molecule is COCCNCCCCSc1cccc(Br)c1. The first-order valence-electron chi connectivity index (χ1n) is 5.91. The van der Waals surface area contributed by atoms with Crippen molar-refractivity contribution in [1.29, 1.82) is 0 Å². The summed E-state index contributed by atoms with van der Waals surface area (Å²) in [6.45, 7) is 2.84. The van der Waals surface area contributed by atoms with Crippen LogP contribution in [0.25, 0.3) is 0 Å². The van der Waals surface area contributed by atoms with Crippen molar-refractivity contribution in [2.45, 2.75) is 17.7 Å². The van der Waals surface area contributed by atoms with Gasteiger partial charge >= 0.3 is 0 Å². The minimum absolute atomic E-state index is 0.798. The summed E-state index contributed by atoms with van der Waals surface area (Å²) >= 11 is 5.41. The molecule has 1 rings (SSSR count). The first-order chi connectivity index (χ1) is 8.33. The molecule has 0 saturated heterocycles. The molecule has 0 aliphatic carbocycles. The molecule has 1 aromatic rings. The summed E-state index contributed by atoms with van der Waals surface area (Å²) < 4.78 is 6.12. The van der Waals surface area contributed by atoms with Crippen molar-refractivity contribution in [1.82, 2.24) is 5.32 Å². The summed E-state index contributed by atoms with van der Waals surface area (Å²) in [6, 6.07) is 8.47. The van der Waals surface area contributed by atoms with Gasteiger partial charge in [-0.1, -0.05) is 22.0 Å². The quantitative estimate of drug-likeness (QED) is 0.556. The van der Waals surface area contributed by atoms with Crippen LogP contribution in [0.2, 0.25) is 0 Å². The lowest BCUT2D eigenvalue weighted by Crippen LogP contribution is -2.20. The Balaban J connectivity index is 1.97. The molecule has 0 aromatic heterocycles. The molecule has 0 aliphatic heterocycles. The summed E-state index contributed by atoms with van der Waals surface area (Å²) in [4.78, 5) is 1.34. The van der Waals surface area contributed by atoms with E-state index in [1.807, 2.05) is 11.8 Å². The van der Waals surface area contributed by atoms with Crippen molar-refractivity contribution >= 4 is 27.7 Å². The molecule has 1 aromatic carbocycles. The summed E-state index contributed by atoms with van der Waals surface area (Å²) in [5.41, 5.74) is 0. The lowest BCUT2D eigenvalue weighted by atomic mass is 10.3. The van der Waals surface area contributed by atoms with E-state index < -0.39 is 0 Å². The maximum absolute atomic E-state index is 4.97. The number of halogens is 1. The van der Waals surface area contributed by atoms with Crippen LogP contribution in [-0.2, 0) is 4.74 Å². The molecule has 0 atom stereocenters. The van der Waals surface area contributed by atoms with Crippen LogP contribution in [0.3, 0.4) is 0 Å². The van der Waals surface area contributed by atoms with Gasteiger partial charge < -0.3 is 10.1 Å². The number of thioether (sulfide) groups is 1. The molecule has 0 spiro atoms. The van der Waals surface area contributed by atoms with Crippen LogP contribution in [0.1, 0.15) is 12.8 Å². The molecule has 0 radical (unpaired) electrons. The lowest BCUT2D eigenvalue weighted by molar-refractivity contribution is 0.199. The van der Waals surface area contributed by atoms with Gasteiger partial charge in [-0.25, -0.2) is 0 Å². The molecule has 0 amide bonds. The molecule has 0 aliphatic rings. The Morgan fingerprint density at radius 3 is 2.94 bits per heavy atom. The van der Waals surface area contributed by atoms with E-state index in [9.17, 15) is 0 Å². The Labute approximate surface area is 117 Å². The van der Waals surface area contributed by atoms with Gasteiger partial charge in [-0.2, -0.15) is 0 Å². The highest BCUT2D eigenvalue weighted by Crippen LogP contribution is 2.22. The van der Waals surface area contributed by atoms with E-state index in [0.29, 0.717) is 0 Å². The standard InChI is InChI=1S/C13H20BrNOS/c1-16-9-8-15-7-2-3-10-17-13-6-4-5-12(14)11-13/h4-6,11,15H,2-3,7-10H2,1H3. The maximum Gasteiger partial charge on any atom is 0.0587 e. The zero-order chi connectivity index (χ0) is 12.3. The van der Waals surface area contributed by atoms with Crippen molar-refractivity contribution in [2.24, 2.45) is 0 Å². The minimum atomic E-state index is 0.798. The van der Waals surface area contributed by atoms with E-state index in [0.717, 1.165) is 24.2 Å². The molecule has 1 N–H and O–H groups in total. The van der Waals surface area contributed by atoms with Crippen LogP contribution in [-0.4, -0.2) is 32.6 Å². The predicted octanol–water partition coefficient (Wildman–Crippen LogP) is 3.56. The smallest absolute Gasteiger partial charge is 0.0587 e. The normalized spacial score (nSPS) is 10.7. The van der Waals surface area contributed by atoms with E-state index in [1.54, 1.807) is 7.11 Å². The molecule has 0 saturated carbocycles. The van der Waals surface area contributed by atoms with Crippen molar-refractivity contribution in [3.63, 3.8) is 0 Å². The first kappa shape index (κ1) is 15.0. The van der Waals surface area contributed by atoms with E-state index in [2.05, 4.69) is 45.5 Å². The topological polar surface area (TPSA) is 21.3 Å². The van der Waals surface area contributed by atoms with E-state index in [-0.39, 0.29) is 0 Å². The molecule has 96 valence electrons. The van der Waals surface area contributed by atoms with E-state index >= 15 is 0 Å². The monoisotopic (exact) mass is 317 g/mol. The second-order valence-electron chi connectivity index (χ2n) is 3.76. The van der Waals surface area contributed by atoms with Crippen molar-refractivity contribution in [2.75, 3.05) is 32.6 Å². The number of hydrogen-bond acceptors (Lipinski definition) is 3. The zero-order valence-corrected chi connectivity index (χ0v) is 12.6. The van der Waals surface area contributed by atoms with E-state index in [4.69, 9.17) is 4.74 Å². The average Bonchev–Trinajstić information content (AvgIpc) is 2.33. The Morgan fingerprint density at radius 1 is 1.29 bits per heavy atom. The molecular formula is C13H20BrNOS. The molecule has 0 fully saturated rings. The summed E-state index contributed by atoms with van der Waals surface area (Å²) in [5.74, 6) is 1.18. The third kappa shape index (κ3) is 7.82. The second kappa shape index (κ2) is 9.95. The van der Waals surface area contributed by atoms with Crippen LogP contribution in [0.4, 0.5) is 0 Å². The summed E-state index contributed by atoms with van der Waals surface area (Å²) in [7, 11) is 1.73. The van der Waals surface area contributed by atoms with Gasteiger partial charge in [0.05, 0.1) is 6.61 Å². The third-order valence-electron chi connectivity index (χ3n) is 2.30. The molecule has 2 nitrogen and oxygen atoms in total. The maximum atomic E-state index is 4.97. The second-order valence-corrected chi connectivity index (χ2v) is 5.84. The number of benzene rings is 1. The van der Waals surface area contributed by atoms with Gasteiger partial charge in [-0.3, -0.25) is 0 Å². The molecule has 0 unspecified atom stereocenters. The van der Waals surface area contributed by atoms with Gasteiger partial charge in [-0.15, -0.1) is 11.8 Å². The van der Waals surface area contributed by atoms with Crippen LogP contribution < -0.4 is 5.32 Å². The van der Waals surface area contributed by atoms with Gasteiger partial charge in [0, 0.05) is 23.0 Å². The molecule has 0 bridgehead atoms. The summed E-state index contributed by atoms with van der Waals surface area (Å²) in [5, 5.41) is 3.35. The van der Waals surface area contributed by atoms with Crippen LogP contribution in [0.5, 0.6) is 0 Å². The average molecular weight is 318 g/mol. The van der Waals surface area contributed by atoms with Gasteiger partial charge in [-0.05, 0) is 43.3 Å².